The van der Waals surface area contributed by atoms with Gasteiger partial charge in [-0.2, -0.15) is 0 Å². The van der Waals surface area contributed by atoms with Crippen molar-refractivity contribution in [2.45, 2.75) is 35.6 Å². The van der Waals surface area contributed by atoms with Crippen LogP contribution in [0, 0.1) is 0 Å². The number of carbonyl (C=O) groups excluding carboxylic acids is 2. The van der Waals surface area contributed by atoms with Crippen molar-refractivity contribution >= 4 is 23.6 Å². The number of thioether (sulfide) groups is 1. The molecule has 0 radical (unpaired) electrons. The zero-order chi connectivity index (χ0) is 19.0. The molecule has 6 heteroatoms. The topological polar surface area (TPSA) is 66.8 Å². The zero-order valence-electron chi connectivity index (χ0n) is 14.9. The third kappa shape index (κ3) is 3.13. The Labute approximate surface area is 162 Å². The molecule has 0 bridgehead atoms. The number of ether oxygens (including phenoxy) is 1. The van der Waals surface area contributed by atoms with Crippen LogP contribution in [0.2, 0.25) is 0 Å². The first-order valence-corrected chi connectivity index (χ1v) is 9.82. The fourth-order valence-corrected chi connectivity index (χ4v) is 5.34. The van der Waals surface area contributed by atoms with Crippen LogP contribution in [0.25, 0.3) is 0 Å². The number of benzene rings is 2. The van der Waals surface area contributed by atoms with E-state index in [1.807, 2.05) is 67.6 Å². The molecular weight excluding hydrogens is 362 g/mol. The van der Waals surface area contributed by atoms with Crippen LogP contribution in [-0.2, 0) is 14.3 Å². The first-order valence-electron chi connectivity index (χ1n) is 8.94. The molecule has 0 spiro atoms. The van der Waals surface area contributed by atoms with Gasteiger partial charge in [0.15, 0.2) is 6.10 Å². The average Bonchev–Trinajstić information content (AvgIpc) is 2.95. The van der Waals surface area contributed by atoms with Crippen LogP contribution >= 0.6 is 11.8 Å². The average molecular weight is 383 g/mol. The maximum absolute atomic E-state index is 13.2. The Morgan fingerprint density at radius 1 is 1.19 bits per heavy atom. The van der Waals surface area contributed by atoms with Gasteiger partial charge in [-0.3, -0.25) is 4.79 Å². The van der Waals surface area contributed by atoms with Crippen molar-refractivity contribution in [1.29, 1.82) is 0 Å². The summed E-state index contributed by atoms with van der Waals surface area (Å²) in [5.41, 5.74) is 1.72. The van der Waals surface area contributed by atoms with Crippen LogP contribution in [0.15, 0.2) is 60.7 Å². The highest BCUT2D eigenvalue weighted by atomic mass is 32.2. The van der Waals surface area contributed by atoms with Crippen LogP contribution in [0.5, 0.6) is 0 Å². The highest BCUT2D eigenvalue weighted by molar-refractivity contribution is 8.01. The van der Waals surface area contributed by atoms with Crippen molar-refractivity contribution in [3.8, 4) is 0 Å². The van der Waals surface area contributed by atoms with E-state index in [2.05, 4.69) is 0 Å². The smallest absolute Gasteiger partial charge is 0.331 e. The second-order valence-electron chi connectivity index (χ2n) is 7.09. The van der Waals surface area contributed by atoms with Crippen molar-refractivity contribution in [3.63, 3.8) is 0 Å². The molecule has 2 fully saturated rings. The minimum Gasteiger partial charge on any atom is -0.451 e. The summed E-state index contributed by atoms with van der Waals surface area (Å²) in [6.07, 6.45) is -0.159. The molecule has 3 atom stereocenters. The van der Waals surface area contributed by atoms with Crippen molar-refractivity contribution in [1.82, 2.24) is 4.90 Å². The Morgan fingerprint density at radius 3 is 2.22 bits per heavy atom. The molecule has 2 saturated heterocycles. The minimum atomic E-state index is -0.784. The zero-order valence-corrected chi connectivity index (χ0v) is 15.8. The molecule has 2 aliphatic heterocycles. The fraction of sp³-hybridized carbons (Fsp3) is 0.333. The van der Waals surface area contributed by atoms with Gasteiger partial charge in [-0.05, 0) is 18.1 Å². The SMILES string of the molecule is C[C@@]1(CO)S[C@@H]2CC(=O)N2[C@H]1C(=O)OC(c1ccccc1)c1ccccc1. The van der Waals surface area contributed by atoms with Gasteiger partial charge in [0.2, 0.25) is 5.91 Å². The predicted molar refractivity (Wildman–Crippen MR) is 103 cm³/mol. The van der Waals surface area contributed by atoms with Crippen molar-refractivity contribution in [2.24, 2.45) is 0 Å². The van der Waals surface area contributed by atoms with E-state index >= 15 is 0 Å². The van der Waals surface area contributed by atoms with E-state index in [4.69, 9.17) is 4.74 Å². The number of aliphatic hydroxyl groups is 1. The van der Waals surface area contributed by atoms with Gasteiger partial charge in [0.1, 0.15) is 6.04 Å². The standard InChI is InChI=1S/C21H21NO4S/c1-21(13-23)19(22-16(24)12-17(22)27-21)20(25)26-18(14-8-4-2-5-9-14)15-10-6-3-7-11-15/h2-11,17-19,23H,12-13H2,1H3/t17-,19+,21+/m1/s1. The minimum absolute atomic E-state index is 0.0564. The summed E-state index contributed by atoms with van der Waals surface area (Å²) >= 11 is 1.48. The van der Waals surface area contributed by atoms with E-state index in [1.165, 1.54) is 11.8 Å². The molecule has 0 aromatic heterocycles. The summed E-state index contributed by atoms with van der Waals surface area (Å²) in [7, 11) is 0. The molecule has 0 unspecified atom stereocenters. The fourth-order valence-electron chi connectivity index (χ4n) is 3.73. The molecule has 1 amide bonds. The number of carbonyl (C=O) groups is 2. The van der Waals surface area contributed by atoms with E-state index in [-0.39, 0.29) is 17.9 Å². The summed E-state index contributed by atoms with van der Waals surface area (Å²) in [6.45, 7) is 1.62. The lowest BCUT2D eigenvalue weighted by Gasteiger charge is -2.38. The van der Waals surface area contributed by atoms with Crippen LogP contribution < -0.4 is 0 Å². The van der Waals surface area contributed by atoms with Crippen LogP contribution in [0.3, 0.4) is 0 Å². The third-order valence-electron chi connectivity index (χ3n) is 5.19. The molecule has 2 aromatic carbocycles. The molecule has 5 nitrogen and oxygen atoms in total. The second kappa shape index (κ2) is 7.02. The van der Waals surface area contributed by atoms with Gasteiger partial charge in [-0.15, -0.1) is 11.8 Å². The summed E-state index contributed by atoms with van der Waals surface area (Å²) in [6, 6.07) is 18.3. The number of β-lactam (4-membered cyclic amide) rings is 1. The molecule has 2 aliphatic rings. The summed E-state index contributed by atoms with van der Waals surface area (Å²) in [4.78, 5) is 26.8. The Kier molecular flexibility index (Phi) is 4.70. The number of nitrogens with zero attached hydrogens (tertiary/aromatic N) is 1. The Balaban J connectivity index is 1.65. The molecule has 2 aromatic rings. The van der Waals surface area contributed by atoms with Crippen LogP contribution in [0.1, 0.15) is 30.6 Å². The second-order valence-corrected chi connectivity index (χ2v) is 8.80. The van der Waals surface area contributed by atoms with Crippen molar-refractivity contribution in [2.75, 3.05) is 6.61 Å². The molecule has 27 heavy (non-hydrogen) atoms. The number of aliphatic hydroxyl groups excluding tert-OH is 1. The highest BCUT2D eigenvalue weighted by Gasteiger charge is 2.61. The largest absolute Gasteiger partial charge is 0.451 e. The lowest BCUT2D eigenvalue weighted by atomic mass is 9.96. The van der Waals surface area contributed by atoms with Gasteiger partial charge in [0, 0.05) is 0 Å². The monoisotopic (exact) mass is 383 g/mol. The van der Waals surface area contributed by atoms with E-state index in [0.717, 1.165) is 11.1 Å². The molecule has 140 valence electrons. The number of esters is 1. The highest BCUT2D eigenvalue weighted by Crippen LogP contribution is 2.51. The lowest BCUT2D eigenvalue weighted by Crippen LogP contribution is -2.58. The van der Waals surface area contributed by atoms with Gasteiger partial charge in [0.25, 0.3) is 0 Å². The number of rotatable bonds is 5. The molecule has 1 N–H and O–H groups in total. The Hall–Kier alpha value is -2.31. The van der Waals surface area contributed by atoms with Gasteiger partial charge >= 0.3 is 5.97 Å². The molecule has 0 saturated carbocycles. The summed E-state index contributed by atoms with van der Waals surface area (Å²) in [5, 5.41) is 9.84. The first-order chi connectivity index (χ1) is 13.0. The van der Waals surface area contributed by atoms with E-state index in [1.54, 1.807) is 4.90 Å². The van der Waals surface area contributed by atoms with E-state index in [0.29, 0.717) is 6.42 Å². The Morgan fingerprint density at radius 2 is 1.74 bits per heavy atom. The number of fused-ring (bicyclic) bond motifs is 1. The number of hydrogen-bond acceptors (Lipinski definition) is 5. The van der Waals surface area contributed by atoms with E-state index in [9.17, 15) is 14.7 Å². The normalized spacial score (nSPS) is 26.6. The third-order valence-corrected chi connectivity index (χ3v) is 6.74. The number of hydrogen-bond donors (Lipinski definition) is 1. The lowest BCUT2D eigenvalue weighted by molar-refractivity contribution is -0.164. The predicted octanol–water partition coefficient (Wildman–Crippen LogP) is 2.74. The molecule has 2 heterocycles. The van der Waals surface area contributed by atoms with Gasteiger partial charge < -0.3 is 14.7 Å². The first kappa shape index (κ1) is 18.1. The maximum atomic E-state index is 13.2. The summed E-state index contributed by atoms with van der Waals surface area (Å²) < 4.78 is 5.19. The molecule has 0 aliphatic carbocycles. The quantitative estimate of drug-likeness (QED) is 0.635. The number of amides is 1. The molecular formula is C21H21NO4S. The van der Waals surface area contributed by atoms with Crippen LogP contribution in [0.4, 0.5) is 0 Å². The molecule has 4 rings (SSSR count). The van der Waals surface area contributed by atoms with Gasteiger partial charge in [-0.1, -0.05) is 60.7 Å². The Bertz CT molecular complexity index is 804. The van der Waals surface area contributed by atoms with Crippen molar-refractivity contribution < 1.29 is 19.4 Å². The summed E-state index contributed by atoms with van der Waals surface area (Å²) in [5.74, 6) is -0.546. The van der Waals surface area contributed by atoms with Gasteiger partial charge in [-0.25, -0.2) is 4.79 Å². The van der Waals surface area contributed by atoms with E-state index < -0.39 is 22.9 Å². The van der Waals surface area contributed by atoms with Gasteiger partial charge in [0.05, 0.1) is 23.1 Å². The van der Waals surface area contributed by atoms with Crippen LogP contribution in [-0.4, -0.2) is 44.7 Å². The maximum Gasteiger partial charge on any atom is 0.331 e. The van der Waals surface area contributed by atoms with Crippen molar-refractivity contribution in [3.05, 3.63) is 71.8 Å².